The van der Waals surface area contributed by atoms with Crippen molar-refractivity contribution >= 4 is 10.1 Å². The van der Waals surface area contributed by atoms with Crippen LogP contribution in [0.2, 0.25) is 0 Å². The average molecular weight is 698 g/mol. The van der Waals surface area contributed by atoms with Gasteiger partial charge in [-0.25, -0.2) is 13.5 Å². The minimum Gasteiger partial charge on any atom is -0.281 e. The van der Waals surface area contributed by atoms with Crippen molar-refractivity contribution in [2.24, 2.45) is 0 Å². The van der Waals surface area contributed by atoms with Gasteiger partial charge in [0.1, 0.15) is 0 Å². The fraction of sp³-hybridized carbons (Fsp3) is 1.00. The Bertz CT molecular complexity index is 1080. The molecule has 0 aromatic carbocycles. The molecule has 0 aliphatic rings. The zero-order valence-corrected chi connectivity index (χ0v) is 18.0. The molecule has 0 aliphatic heterocycles. The van der Waals surface area contributed by atoms with Crippen LogP contribution in [0.4, 0.5) is 105 Å². The van der Waals surface area contributed by atoms with Crippen LogP contribution in [-0.4, -0.2) is 84.2 Å². The Morgan fingerprint density at radius 2 is 0.683 bits per heavy atom. The van der Waals surface area contributed by atoms with Crippen LogP contribution in [0.15, 0.2) is 0 Å². The van der Waals surface area contributed by atoms with Crippen LogP contribution < -0.4 is 0 Å². The maximum absolute atomic E-state index is 13.5. The van der Waals surface area contributed by atoms with Crippen LogP contribution in [0.3, 0.4) is 0 Å². The van der Waals surface area contributed by atoms with Crippen molar-refractivity contribution in [1.29, 1.82) is 0 Å². The van der Waals surface area contributed by atoms with Crippen molar-refractivity contribution in [2.75, 3.05) is 0 Å². The Kier molecular flexibility index (Phi) is 9.17. The number of halogens is 24. The van der Waals surface area contributed by atoms with Crippen LogP contribution in [0, 0.1) is 0 Å². The fourth-order valence-corrected chi connectivity index (χ4v) is 2.29. The third kappa shape index (κ3) is 4.98. The van der Waals surface area contributed by atoms with Crippen LogP contribution >= 0.6 is 0 Å². The molecule has 0 radical (unpaired) electrons. The molecule has 1 N–H and O–H groups in total. The molecular formula is C12H2F24O4S. The molecule has 0 aliphatic carbocycles. The summed E-state index contributed by atoms with van der Waals surface area (Å²) in [4.78, 5) is 0. The summed E-state index contributed by atoms with van der Waals surface area (Å²) in [5, 5.41) is -7.65. The van der Waals surface area contributed by atoms with Crippen molar-refractivity contribution in [1.82, 2.24) is 0 Å². The molecule has 0 aromatic rings. The zero-order chi connectivity index (χ0) is 34.3. The van der Waals surface area contributed by atoms with E-state index in [2.05, 4.69) is 0 Å². The molecule has 0 rings (SSSR count). The standard InChI is InChI=1S/C12H2F24O4S/c13-1(14)2(15,16)3(17,18)4(19,20)5(21,22)6(23,24)7(25,26)8(27,28)9(29,30)10(31,32)40-11(33,34)12(35,36)41(37,38)39/h1H,(H,37,38,39). The van der Waals surface area contributed by atoms with Crippen LogP contribution in [0.1, 0.15) is 0 Å². The third-order valence-corrected chi connectivity index (χ3v) is 5.23. The van der Waals surface area contributed by atoms with Gasteiger partial charge in [0.2, 0.25) is 0 Å². The van der Waals surface area contributed by atoms with Crippen LogP contribution in [-0.2, 0) is 14.9 Å². The number of alkyl halides is 24. The molecule has 0 bridgehead atoms. The lowest BCUT2D eigenvalue weighted by Crippen LogP contribution is -2.76. The van der Waals surface area contributed by atoms with Crippen molar-refractivity contribution in [3.05, 3.63) is 0 Å². The number of hydrogen-bond donors (Lipinski definition) is 1. The summed E-state index contributed by atoms with van der Waals surface area (Å²) in [6, 6.07) is 0. The summed E-state index contributed by atoms with van der Waals surface area (Å²) >= 11 is 0. The van der Waals surface area contributed by atoms with E-state index < -0.39 is 81.4 Å². The van der Waals surface area contributed by atoms with Gasteiger partial charge in [-0.05, 0) is 0 Å². The first-order valence-corrected chi connectivity index (χ1v) is 9.70. The lowest BCUT2D eigenvalue weighted by atomic mass is 9.87. The maximum Gasteiger partial charge on any atom is 0.460 e. The second kappa shape index (κ2) is 9.60. The molecule has 248 valence electrons. The predicted molar refractivity (Wildman–Crippen MR) is 73.1 cm³/mol. The monoisotopic (exact) mass is 698 g/mol. The van der Waals surface area contributed by atoms with E-state index in [1.54, 1.807) is 0 Å². The van der Waals surface area contributed by atoms with E-state index in [1.807, 2.05) is 0 Å². The highest BCUT2D eigenvalue weighted by Gasteiger charge is 2.97. The molecule has 0 atom stereocenters. The van der Waals surface area contributed by atoms with Crippen LogP contribution in [0.5, 0.6) is 0 Å². The van der Waals surface area contributed by atoms with E-state index in [0.29, 0.717) is 0 Å². The van der Waals surface area contributed by atoms with E-state index in [1.165, 1.54) is 0 Å². The number of rotatable bonds is 13. The molecule has 4 nitrogen and oxygen atoms in total. The fourth-order valence-electron chi connectivity index (χ4n) is 1.95. The first kappa shape index (κ1) is 39.2. The summed E-state index contributed by atoms with van der Waals surface area (Å²) in [5.41, 5.74) is 0. The van der Waals surface area contributed by atoms with Gasteiger partial charge in [-0.3, -0.25) is 4.55 Å². The van der Waals surface area contributed by atoms with E-state index in [9.17, 15) is 114 Å². The molecule has 0 saturated carbocycles. The second-order valence-corrected chi connectivity index (χ2v) is 8.53. The zero-order valence-electron chi connectivity index (χ0n) is 17.2. The van der Waals surface area contributed by atoms with E-state index in [-0.39, 0.29) is 0 Å². The number of hydrogen-bond acceptors (Lipinski definition) is 3. The van der Waals surface area contributed by atoms with Gasteiger partial charge in [0.25, 0.3) is 0 Å². The lowest BCUT2D eigenvalue weighted by Gasteiger charge is -2.44. The lowest BCUT2D eigenvalue weighted by molar-refractivity contribution is -0.506. The van der Waals surface area contributed by atoms with Crippen molar-refractivity contribution in [2.45, 2.75) is 71.3 Å². The van der Waals surface area contributed by atoms with Gasteiger partial charge in [-0.1, -0.05) is 0 Å². The van der Waals surface area contributed by atoms with Gasteiger partial charge in [-0.15, -0.1) is 0 Å². The summed E-state index contributed by atoms with van der Waals surface area (Å²) in [6.45, 7) is 0. The second-order valence-electron chi connectivity index (χ2n) is 7.07. The Balaban J connectivity index is 7.15. The highest BCUT2D eigenvalue weighted by molar-refractivity contribution is 7.86. The Morgan fingerprint density at radius 3 is 0.927 bits per heavy atom. The van der Waals surface area contributed by atoms with Crippen molar-refractivity contribution in [3.63, 3.8) is 0 Å². The predicted octanol–water partition coefficient (Wildman–Crippen LogP) is 7.02. The summed E-state index contributed by atoms with van der Waals surface area (Å²) in [7, 11) is -7.84. The smallest absolute Gasteiger partial charge is 0.281 e. The quantitative estimate of drug-likeness (QED) is 0.166. The molecule has 0 amide bonds. The minimum absolute atomic E-state index is 0.952. The summed E-state index contributed by atoms with van der Waals surface area (Å²) in [6.07, 6.45) is -23.0. The van der Waals surface area contributed by atoms with Gasteiger partial charge in [0.15, 0.2) is 0 Å². The molecule has 0 aromatic heterocycles. The molecule has 0 spiro atoms. The maximum atomic E-state index is 13.5. The SMILES string of the molecule is O=S(=O)(O)C(F)(F)C(F)(F)OC(F)(F)C(F)(F)C(F)(F)C(F)(F)C(F)(F)C(F)(F)C(F)(F)C(F)(F)C(F)(F)C(F)F. The summed E-state index contributed by atoms with van der Waals surface area (Å²) < 4.78 is 343. The Labute approximate surface area is 205 Å². The van der Waals surface area contributed by atoms with E-state index in [4.69, 9.17) is 4.55 Å². The minimum atomic E-state index is -9.53. The van der Waals surface area contributed by atoms with E-state index in [0.717, 1.165) is 4.74 Å². The van der Waals surface area contributed by atoms with Gasteiger partial charge in [0.05, 0.1) is 0 Å². The highest BCUT2D eigenvalue weighted by atomic mass is 32.2. The van der Waals surface area contributed by atoms with Gasteiger partial charge >= 0.3 is 81.4 Å². The molecule has 0 heterocycles. The largest absolute Gasteiger partial charge is 0.460 e. The molecule has 0 fully saturated rings. The average Bonchev–Trinajstić information content (AvgIpc) is 2.70. The van der Waals surface area contributed by atoms with Crippen molar-refractivity contribution in [3.8, 4) is 0 Å². The molecule has 0 saturated heterocycles. The Hall–Kier alpha value is -1.81. The van der Waals surface area contributed by atoms with Crippen LogP contribution in [0.25, 0.3) is 0 Å². The van der Waals surface area contributed by atoms with Gasteiger partial charge in [-0.2, -0.15) is 105 Å². The first-order chi connectivity index (χ1) is 17.2. The van der Waals surface area contributed by atoms with Crippen molar-refractivity contribution < 1.29 is 123 Å². The molecule has 41 heavy (non-hydrogen) atoms. The Morgan fingerprint density at radius 1 is 0.439 bits per heavy atom. The molecule has 0 unspecified atom stereocenters. The highest BCUT2D eigenvalue weighted by Crippen LogP contribution is 2.66. The summed E-state index contributed by atoms with van der Waals surface area (Å²) in [5.74, 6) is -72.9. The third-order valence-electron chi connectivity index (χ3n) is 4.34. The van der Waals surface area contributed by atoms with Gasteiger partial charge < -0.3 is 0 Å². The first-order valence-electron chi connectivity index (χ1n) is 8.26. The topological polar surface area (TPSA) is 63.6 Å². The van der Waals surface area contributed by atoms with Gasteiger partial charge in [0, 0.05) is 0 Å². The normalized spacial score (nSPS) is 16.9. The molecular weight excluding hydrogens is 696 g/mol. The number of ether oxygens (including phenoxy) is 1. The van der Waals surface area contributed by atoms with E-state index >= 15 is 0 Å². The molecule has 29 heteroatoms.